The van der Waals surface area contributed by atoms with E-state index < -0.39 is 28.4 Å². The van der Waals surface area contributed by atoms with Crippen molar-refractivity contribution in [2.75, 3.05) is 29.9 Å². The van der Waals surface area contributed by atoms with Gasteiger partial charge in [-0.1, -0.05) is 41.4 Å². The highest BCUT2D eigenvalue weighted by Crippen LogP contribution is 2.35. The van der Waals surface area contributed by atoms with Gasteiger partial charge in [-0.05, 0) is 55.5 Å². The number of benzene rings is 3. The summed E-state index contributed by atoms with van der Waals surface area (Å²) in [5, 5.41) is 2.94. The fourth-order valence-electron chi connectivity index (χ4n) is 3.18. The number of hydrogen-bond donors (Lipinski definition) is 1. The first-order valence-corrected chi connectivity index (χ1v) is 12.5. The Labute approximate surface area is 213 Å². The molecule has 0 fully saturated rings. The van der Waals surface area contributed by atoms with Crippen LogP contribution in [0.5, 0.6) is 5.75 Å². The van der Waals surface area contributed by atoms with Crippen molar-refractivity contribution >= 4 is 56.5 Å². The number of carbonyl (C=O) groups is 2. The molecule has 0 saturated carbocycles. The van der Waals surface area contributed by atoms with Gasteiger partial charge in [0.2, 0.25) is 5.91 Å². The number of sulfonamides is 1. The van der Waals surface area contributed by atoms with Gasteiger partial charge in [0.05, 0.1) is 34.9 Å². The Kier molecular flexibility index (Phi) is 8.61. The molecule has 0 spiro atoms. The minimum Gasteiger partial charge on any atom is -0.495 e. The monoisotopic (exact) mass is 536 g/mol. The van der Waals surface area contributed by atoms with Gasteiger partial charge in [-0.15, -0.1) is 0 Å². The van der Waals surface area contributed by atoms with E-state index >= 15 is 0 Å². The first-order chi connectivity index (χ1) is 16.7. The van der Waals surface area contributed by atoms with Gasteiger partial charge in [-0.3, -0.25) is 9.10 Å². The summed E-state index contributed by atoms with van der Waals surface area (Å²) in [7, 11) is -2.79. The van der Waals surface area contributed by atoms with E-state index in [1.807, 2.05) is 0 Å². The van der Waals surface area contributed by atoms with Crippen LogP contribution < -0.4 is 14.4 Å². The summed E-state index contributed by atoms with van der Waals surface area (Å²) in [5.74, 6) is -1.04. The van der Waals surface area contributed by atoms with Crippen molar-refractivity contribution in [2.45, 2.75) is 11.8 Å². The highest BCUT2D eigenvalue weighted by molar-refractivity contribution is 7.92. The summed E-state index contributed by atoms with van der Waals surface area (Å²) in [6.07, 6.45) is 0. The molecule has 0 aromatic heterocycles. The number of anilines is 2. The van der Waals surface area contributed by atoms with Gasteiger partial charge in [0.1, 0.15) is 12.3 Å². The predicted octanol–water partition coefficient (Wildman–Crippen LogP) is 5.01. The summed E-state index contributed by atoms with van der Waals surface area (Å²) in [6, 6.07) is 16.4. The SMILES string of the molecule is CCOC(=O)c1ccc(NC(=O)CN(c2cc(Cl)ccc2OC)S(=O)(=O)c2ccccc2)cc1Cl. The third-order valence-electron chi connectivity index (χ3n) is 4.78. The zero-order chi connectivity index (χ0) is 25.6. The number of esters is 1. The van der Waals surface area contributed by atoms with Crippen molar-refractivity contribution in [1.82, 2.24) is 0 Å². The van der Waals surface area contributed by atoms with Crippen LogP contribution in [0.15, 0.2) is 71.6 Å². The van der Waals surface area contributed by atoms with Crippen LogP contribution >= 0.6 is 23.2 Å². The molecule has 11 heteroatoms. The van der Waals surface area contributed by atoms with E-state index in [4.69, 9.17) is 32.7 Å². The Hall–Kier alpha value is -3.27. The van der Waals surface area contributed by atoms with Gasteiger partial charge < -0.3 is 14.8 Å². The van der Waals surface area contributed by atoms with Crippen molar-refractivity contribution in [2.24, 2.45) is 0 Å². The summed E-state index contributed by atoms with van der Waals surface area (Å²) >= 11 is 12.3. The molecule has 3 aromatic carbocycles. The molecule has 35 heavy (non-hydrogen) atoms. The fourth-order valence-corrected chi connectivity index (χ4v) is 5.04. The third-order valence-corrected chi connectivity index (χ3v) is 7.10. The Bertz CT molecular complexity index is 1330. The Morgan fingerprint density at radius 1 is 1.00 bits per heavy atom. The van der Waals surface area contributed by atoms with Gasteiger partial charge in [0.25, 0.3) is 10.0 Å². The third kappa shape index (κ3) is 6.25. The average Bonchev–Trinajstić information content (AvgIpc) is 2.83. The van der Waals surface area contributed by atoms with Crippen molar-refractivity contribution < 1.29 is 27.5 Å². The number of methoxy groups -OCH3 is 1. The number of rotatable bonds is 9. The van der Waals surface area contributed by atoms with Crippen LogP contribution in [0.2, 0.25) is 10.0 Å². The molecule has 3 aromatic rings. The molecule has 184 valence electrons. The normalized spacial score (nSPS) is 11.0. The molecular formula is C24H22Cl2N2O6S. The van der Waals surface area contributed by atoms with E-state index in [0.717, 1.165) is 4.31 Å². The average molecular weight is 537 g/mol. The van der Waals surface area contributed by atoms with E-state index in [-0.39, 0.29) is 44.2 Å². The Balaban J connectivity index is 1.94. The van der Waals surface area contributed by atoms with E-state index in [1.54, 1.807) is 31.2 Å². The number of hydrogen-bond acceptors (Lipinski definition) is 6. The Morgan fingerprint density at radius 2 is 1.71 bits per heavy atom. The highest BCUT2D eigenvalue weighted by Gasteiger charge is 2.29. The van der Waals surface area contributed by atoms with Crippen molar-refractivity contribution in [3.63, 3.8) is 0 Å². The molecule has 0 saturated heterocycles. The number of carbonyl (C=O) groups excluding carboxylic acids is 2. The molecule has 0 radical (unpaired) electrons. The zero-order valence-corrected chi connectivity index (χ0v) is 21.2. The van der Waals surface area contributed by atoms with Crippen molar-refractivity contribution in [1.29, 1.82) is 0 Å². The number of halogens is 2. The minimum atomic E-state index is -4.18. The van der Waals surface area contributed by atoms with Crippen molar-refractivity contribution in [3.8, 4) is 5.75 Å². The largest absolute Gasteiger partial charge is 0.495 e. The second-order valence-corrected chi connectivity index (χ2v) is 9.81. The van der Waals surface area contributed by atoms with Gasteiger partial charge in [0.15, 0.2) is 0 Å². The first kappa shape index (κ1) is 26.3. The first-order valence-electron chi connectivity index (χ1n) is 10.3. The van der Waals surface area contributed by atoms with Crippen molar-refractivity contribution in [3.05, 3.63) is 82.3 Å². The maximum atomic E-state index is 13.5. The number of amides is 1. The van der Waals surface area contributed by atoms with Crippen LogP contribution in [-0.2, 0) is 19.6 Å². The minimum absolute atomic E-state index is 0.0170. The summed E-state index contributed by atoms with van der Waals surface area (Å²) in [6.45, 7) is 1.27. The van der Waals surface area contributed by atoms with Gasteiger partial charge in [-0.25, -0.2) is 13.2 Å². The maximum Gasteiger partial charge on any atom is 0.339 e. The summed E-state index contributed by atoms with van der Waals surface area (Å²) < 4.78 is 38.2. The zero-order valence-electron chi connectivity index (χ0n) is 18.8. The standard InChI is InChI=1S/C24H22Cl2N2O6S/c1-3-34-24(30)19-11-10-17(14-20(19)26)27-23(29)15-28(21-13-16(25)9-12-22(21)33-2)35(31,32)18-7-5-4-6-8-18/h4-14H,3,15H2,1-2H3,(H,27,29). The van der Waals surface area contributed by atoms with Crippen LogP contribution in [0.25, 0.3) is 0 Å². The topological polar surface area (TPSA) is 102 Å². The van der Waals surface area contributed by atoms with E-state index in [2.05, 4.69) is 5.32 Å². The predicted molar refractivity (Wildman–Crippen MR) is 135 cm³/mol. The van der Waals surface area contributed by atoms with Gasteiger partial charge in [0, 0.05) is 10.7 Å². The van der Waals surface area contributed by atoms with Gasteiger partial charge >= 0.3 is 5.97 Å². The highest BCUT2D eigenvalue weighted by atomic mass is 35.5. The van der Waals surface area contributed by atoms with E-state index in [0.29, 0.717) is 0 Å². The second kappa shape index (κ2) is 11.4. The lowest BCUT2D eigenvalue weighted by molar-refractivity contribution is -0.114. The molecule has 1 N–H and O–H groups in total. The number of nitrogens with one attached hydrogen (secondary N) is 1. The molecule has 0 bridgehead atoms. The summed E-state index contributed by atoms with van der Waals surface area (Å²) in [5.41, 5.74) is 0.501. The van der Waals surface area contributed by atoms with E-state index in [1.165, 1.54) is 49.6 Å². The Morgan fingerprint density at radius 3 is 2.34 bits per heavy atom. The van der Waals surface area contributed by atoms with Crippen LogP contribution in [0.3, 0.4) is 0 Å². The van der Waals surface area contributed by atoms with Gasteiger partial charge in [-0.2, -0.15) is 0 Å². The summed E-state index contributed by atoms with van der Waals surface area (Å²) in [4.78, 5) is 24.9. The molecule has 0 unspecified atom stereocenters. The molecule has 3 rings (SSSR count). The lowest BCUT2D eigenvalue weighted by Gasteiger charge is -2.26. The smallest absolute Gasteiger partial charge is 0.339 e. The maximum absolute atomic E-state index is 13.5. The fraction of sp³-hybridized carbons (Fsp3) is 0.167. The molecular weight excluding hydrogens is 515 g/mol. The molecule has 8 nitrogen and oxygen atoms in total. The molecule has 0 aliphatic carbocycles. The molecule has 1 amide bonds. The van der Waals surface area contributed by atoms with Crippen LogP contribution in [0.1, 0.15) is 17.3 Å². The lowest BCUT2D eigenvalue weighted by Crippen LogP contribution is -2.38. The molecule has 0 heterocycles. The molecule has 0 aliphatic rings. The number of nitrogens with zero attached hydrogens (tertiary/aromatic N) is 1. The lowest BCUT2D eigenvalue weighted by atomic mass is 10.2. The molecule has 0 aliphatic heterocycles. The molecule has 0 atom stereocenters. The quantitative estimate of drug-likeness (QED) is 0.385. The van der Waals surface area contributed by atoms with Crippen LogP contribution in [0, 0.1) is 0 Å². The second-order valence-electron chi connectivity index (χ2n) is 7.10. The number of ether oxygens (including phenoxy) is 2. The van der Waals surface area contributed by atoms with Crippen LogP contribution in [-0.4, -0.2) is 40.6 Å². The van der Waals surface area contributed by atoms with E-state index in [9.17, 15) is 18.0 Å². The van der Waals surface area contributed by atoms with Crippen LogP contribution in [0.4, 0.5) is 11.4 Å².